The highest BCUT2D eigenvalue weighted by Crippen LogP contribution is 2.34. The molecule has 27 heavy (non-hydrogen) atoms. The zero-order valence-electron chi connectivity index (χ0n) is 15.8. The summed E-state index contributed by atoms with van der Waals surface area (Å²) >= 11 is 0. The average Bonchev–Trinajstić information content (AvgIpc) is 3.23. The lowest BCUT2D eigenvalue weighted by atomic mass is 9.89. The van der Waals surface area contributed by atoms with Gasteiger partial charge in [0.05, 0.1) is 18.7 Å². The molecule has 2 aromatic rings. The Hall–Kier alpha value is -2.70. The van der Waals surface area contributed by atoms with Crippen molar-refractivity contribution >= 4 is 11.9 Å². The van der Waals surface area contributed by atoms with E-state index in [-0.39, 0.29) is 23.6 Å². The fourth-order valence-electron chi connectivity index (χ4n) is 3.71. The van der Waals surface area contributed by atoms with Crippen molar-refractivity contribution in [3.8, 4) is 0 Å². The second-order valence-electron chi connectivity index (χ2n) is 6.99. The molecule has 1 aliphatic heterocycles. The van der Waals surface area contributed by atoms with Crippen molar-refractivity contribution in [3.63, 3.8) is 0 Å². The number of carbonyl (C=O) groups excluding carboxylic acids is 2. The summed E-state index contributed by atoms with van der Waals surface area (Å²) in [6, 6.07) is 8.05. The van der Waals surface area contributed by atoms with Crippen LogP contribution in [0.25, 0.3) is 0 Å². The van der Waals surface area contributed by atoms with Gasteiger partial charge in [0.2, 0.25) is 5.91 Å². The molecule has 0 unspecified atom stereocenters. The van der Waals surface area contributed by atoms with Crippen LogP contribution < -0.4 is 0 Å². The first-order valence-electron chi connectivity index (χ1n) is 9.01. The van der Waals surface area contributed by atoms with E-state index in [4.69, 9.17) is 4.74 Å². The van der Waals surface area contributed by atoms with Crippen LogP contribution in [0.15, 0.2) is 30.3 Å². The van der Waals surface area contributed by atoms with E-state index in [0.717, 1.165) is 17.0 Å². The Labute approximate surface area is 157 Å². The number of aromatic nitrogens is 2. The van der Waals surface area contributed by atoms with Gasteiger partial charge in [-0.05, 0) is 37.6 Å². The molecule has 0 radical (unpaired) electrons. The van der Waals surface area contributed by atoms with Crippen molar-refractivity contribution in [1.82, 2.24) is 14.7 Å². The molecular weight excluding hydrogens is 349 g/mol. The summed E-state index contributed by atoms with van der Waals surface area (Å²) in [4.78, 5) is 26.6. The van der Waals surface area contributed by atoms with Crippen LogP contribution in [0.4, 0.5) is 4.39 Å². The van der Waals surface area contributed by atoms with Gasteiger partial charge in [0.1, 0.15) is 5.82 Å². The number of methoxy groups -OCH3 is 1. The maximum Gasteiger partial charge on any atom is 0.311 e. The summed E-state index contributed by atoms with van der Waals surface area (Å²) in [5.74, 6) is -1.35. The third kappa shape index (κ3) is 4.18. The monoisotopic (exact) mass is 373 g/mol. The van der Waals surface area contributed by atoms with Crippen LogP contribution in [-0.4, -0.2) is 46.8 Å². The zero-order valence-corrected chi connectivity index (χ0v) is 15.8. The van der Waals surface area contributed by atoms with Crippen LogP contribution in [-0.2, 0) is 20.9 Å². The van der Waals surface area contributed by atoms with E-state index in [1.807, 2.05) is 24.6 Å². The van der Waals surface area contributed by atoms with Gasteiger partial charge in [-0.2, -0.15) is 5.10 Å². The average molecular weight is 373 g/mol. The molecule has 6 nitrogen and oxygen atoms in total. The number of rotatable bonds is 5. The van der Waals surface area contributed by atoms with Crippen LogP contribution in [0.5, 0.6) is 0 Å². The topological polar surface area (TPSA) is 64.4 Å². The number of halogens is 1. The number of benzene rings is 1. The number of aryl methyl sites for hydroxylation is 3. The maximum absolute atomic E-state index is 13.2. The lowest BCUT2D eigenvalue weighted by Crippen LogP contribution is -2.31. The van der Waals surface area contributed by atoms with Gasteiger partial charge < -0.3 is 9.64 Å². The summed E-state index contributed by atoms with van der Waals surface area (Å²) < 4.78 is 20.0. The van der Waals surface area contributed by atoms with Crippen molar-refractivity contribution in [1.29, 1.82) is 0 Å². The highest BCUT2D eigenvalue weighted by molar-refractivity contribution is 5.80. The summed E-state index contributed by atoms with van der Waals surface area (Å²) in [5.41, 5.74) is 2.77. The summed E-state index contributed by atoms with van der Waals surface area (Å²) in [6.07, 6.45) is 0.311. The fraction of sp³-hybridized carbons (Fsp3) is 0.450. The number of nitrogens with zero attached hydrogens (tertiary/aromatic N) is 3. The molecule has 2 atom stereocenters. The lowest BCUT2D eigenvalue weighted by molar-refractivity contribution is -0.145. The molecular formula is C20H24FN3O3. The number of carbonyl (C=O) groups is 2. The second kappa shape index (κ2) is 7.90. The number of amides is 1. The minimum atomic E-state index is -0.446. The third-order valence-electron chi connectivity index (χ3n) is 5.12. The van der Waals surface area contributed by atoms with Crippen molar-refractivity contribution in [2.75, 3.05) is 20.2 Å². The molecule has 1 aromatic heterocycles. The normalized spacial score (nSPS) is 19.3. The van der Waals surface area contributed by atoms with E-state index in [0.29, 0.717) is 26.1 Å². The smallest absolute Gasteiger partial charge is 0.311 e. The fourth-order valence-corrected chi connectivity index (χ4v) is 3.71. The van der Waals surface area contributed by atoms with Crippen LogP contribution >= 0.6 is 0 Å². The second-order valence-corrected chi connectivity index (χ2v) is 6.99. The number of ether oxygens (including phenoxy) is 1. The molecule has 1 aliphatic rings. The molecule has 0 bridgehead atoms. The van der Waals surface area contributed by atoms with Gasteiger partial charge in [0.25, 0.3) is 0 Å². The number of hydrogen-bond acceptors (Lipinski definition) is 4. The molecule has 0 saturated carbocycles. The Bertz CT molecular complexity index is 831. The predicted octanol–water partition coefficient (Wildman–Crippen LogP) is 2.44. The first-order valence-corrected chi connectivity index (χ1v) is 9.01. The van der Waals surface area contributed by atoms with Crippen molar-refractivity contribution in [2.24, 2.45) is 5.92 Å². The Morgan fingerprint density at radius 3 is 2.52 bits per heavy atom. The summed E-state index contributed by atoms with van der Waals surface area (Å²) in [5, 5.41) is 4.37. The number of esters is 1. The SMILES string of the molecule is COC(=O)[C@H]1CN(C(=O)CCn2nc(C)cc2C)C[C@@H]1c1ccc(F)cc1. The molecule has 1 fully saturated rings. The Kier molecular flexibility index (Phi) is 5.58. The van der Waals surface area contributed by atoms with Gasteiger partial charge >= 0.3 is 5.97 Å². The van der Waals surface area contributed by atoms with Gasteiger partial charge in [-0.1, -0.05) is 12.1 Å². The quantitative estimate of drug-likeness (QED) is 0.755. The highest BCUT2D eigenvalue weighted by Gasteiger charge is 2.40. The van der Waals surface area contributed by atoms with Crippen molar-refractivity contribution in [3.05, 3.63) is 53.1 Å². The molecule has 0 N–H and O–H groups in total. The summed E-state index contributed by atoms with van der Waals surface area (Å²) in [7, 11) is 1.34. The molecule has 1 saturated heterocycles. The van der Waals surface area contributed by atoms with Gasteiger partial charge in [0, 0.05) is 37.7 Å². The van der Waals surface area contributed by atoms with Gasteiger partial charge in [-0.15, -0.1) is 0 Å². The highest BCUT2D eigenvalue weighted by atomic mass is 19.1. The van der Waals surface area contributed by atoms with Gasteiger partial charge in [0.15, 0.2) is 0 Å². The minimum absolute atomic E-state index is 0.0268. The maximum atomic E-state index is 13.2. The number of likely N-dealkylation sites (tertiary alicyclic amines) is 1. The van der Waals surface area contributed by atoms with E-state index < -0.39 is 5.92 Å². The molecule has 0 spiro atoms. The standard InChI is InChI=1S/C20H24FN3O3/c1-13-10-14(2)24(22-13)9-8-19(25)23-11-17(18(12-23)20(26)27-3)15-4-6-16(21)7-5-15/h4-7,10,17-18H,8-9,11-12H2,1-3H3/t17-,18+/m1/s1. The molecule has 144 valence electrons. The van der Waals surface area contributed by atoms with Crippen LogP contribution in [0.2, 0.25) is 0 Å². The van der Waals surface area contributed by atoms with Gasteiger partial charge in [-0.3, -0.25) is 14.3 Å². The van der Waals surface area contributed by atoms with E-state index in [9.17, 15) is 14.0 Å². The predicted molar refractivity (Wildman–Crippen MR) is 97.5 cm³/mol. The Morgan fingerprint density at radius 1 is 1.22 bits per heavy atom. The van der Waals surface area contributed by atoms with Crippen LogP contribution in [0, 0.1) is 25.6 Å². The molecule has 7 heteroatoms. The van der Waals surface area contributed by atoms with Crippen LogP contribution in [0.3, 0.4) is 0 Å². The Balaban J connectivity index is 1.70. The van der Waals surface area contributed by atoms with E-state index in [2.05, 4.69) is 5.10 Å². The largest absolute Gasteiger partial charge is 0.469 e. The minimum Gasteiger partial charge on any atom is -0.469 e. The lowest BCUT2D eigenvalue weighted by Gasteiger charge is -2.17. The molecule has 1 aromatic carbocycles. The summed E-state index contributed by atoms with van der Waals surface area (Å²) in [6.45, 7) is 5.10. The molecule has 3 rings (SSSR count). The molecule has 1 amide bonds. The van der Waals surface area contributed by atoms with Crippen molar-refractivity contribution in [2.45, 2.75) is 32.7 Å². The van der Waals surface area contributed by atoms with E-state index in [1.54, 1.807) is 17.0 Å². The van der Waals surface area contributed by atoms with Crippen molar-refractivity contribution < 1.29 is 18.7 Å². The molecule has 0 aliphatic carbocycles. The first-order chi connectivity index (χ1) is 12.9. The number of hydrogen-bond donors (Lipinski definition) is 0. The molecule has 2 heterocycles. The van der Waals surface area contributed by atoms with Gasteiger partial charge in [-0.25, -0.2) is 4.39 Å². The van der Waals surface area contributed by atoms with Crippen LogP contribution in [0.1, 0.15) is 29.3 Å². The first kappa shape index (κ1) is 19.1. The van der Waals surface area contributed by atoms with E-state index >= 15 is 0 Å². The Morgan fingerprint density at radius 2 is 1.93 bits per heavy atom. The van der Waals surface area contributed by atoms with E-state index in [1.165, 1.54) is 19.2 Å². The zero-order chi connectivity index (χ0) is 19.6. The third-order valence-corrected chi connectivity index (χ3v) is 5.12.